The van der Waals surface area contributed by atoms with Crippen LogP contribution in [0.2, 0.25) is 0 Å². The fourth-order valence-corrected chi connectivity index (χ4v) is 7.13. The minimum Gasteiger partial charge on any atom is -0.469 e. The molecule has 0 unspecified atom stereocenters. The standard InChI is InChI=1S/C31H30FNO6.C19H18FNO2/c1-31(2,3)39-30(36)21-8-6-7-19(15-21)23-17-24-25(16-20(23)11-14-26(34)37-5)38-28(27(24)29(35)33-4)18-9-12-22(32)13-10-18;1-4-12-10-16-15(9-11(12)2)17(19(22)21-3)18(23-16)13-5-7-14(20)8-6-13/h6-10,12-13,15-17H,11,14H2,1-5H3,(H,33,35);5-10H,4H2,1-3H3,(H,21,22). The van der Waals surface area contributed by atoms with Gasteiger partial charge in [-0.15, -0.1) is 0 Å². The Hall–Kier alpha value is -7.08. The van der Waals surface area contributed by atoms with E-state index in [4.69, 9.17) is 18.3 Å². The summed E-state index contributed by atoms with van der Waals surface area (Å²) in [7, 11) is 4.43. The number of esters is 2. The van der Waals surface area contributed by atoms with Crippen LogP contribution in [0.25, 0.3) is 55.7 Å². The van der Waals surface area contributed by atoms with Crippen LogP contribution in [0.5, 0.6) is 0 Å². The Kier molecular flexibility index (Phi) is 13.4. The number of hydrogen-bond donors (Lipinski definition) is 2. The van der Waals surface area contributed by atoms with Crippen molar-refractivity contribution in [3.8, 4) is 33.8 Å². The third-order valence-corrected chi connectivity index (χ3v) is 10.2. The number of carbonyl (C=O) groups excluding carboxylic acids is 4. The molecule has 0 radical (unpaired) electrons. The van der Waals surface area contributed by atoms with Crippen LogP contribution < -0.4 is 10.6 Å². The summed E-state index contributed by atoms with van der Waals surface area (Å²) in [4.78, 5) is 50.2. The number of halogens is 2. The molecule has 0 aliphatic heterocycles. The van der Waals surface area contributed by atoms with Gasteiger partial charge in [-0.2, -0.15) is 0 Å². The molecule has 2 amide bonds. The SMILES string of the molecule is CCc1cc2oc(-c3ccc(F)cc3)c(C(=O)NC)c2cc1C.CNC(=O)c1c(-c2ccc(F)cc2)oc2cc(CCC(=O)OC)c(-c3cccc(C(=O)OC(C)(C)C)c3)cc12. The van der Waals surface area contributed by atoms with Gasteiger partial charge in [0, 0.05) is 42.4 Å². The number of carbonyl (C=O) groups is 4. The molecule has 10 nitrogen and oxygen atoms in total. The third kappa shape index (κ3) is 9.76. The first-order valence-electron chi connectivity index (χ1n) is 20.1. The van der Waals surface area contributed by atoms with Gasteiger partial charge in [0.1, 0.15) is 39.9 Å². The van der Waals surface area contributed by atoms with Crippen LogP contribution in [-0.2, 0) is 27.1 Å². The van der Waals surface area contributed by atoms with Crippen LogP contribution in [0.3, 0.4) is 0 Å². The second-order valence-corrected chi connectivity index (χ2v) is 15.6. The first-order chi connectivity index (χ1) is 29.5. The van der Waals surface area contributed by atoms with Gasteiger partial charge < -0.3 is 28.9 Å². The van der Waals surface area contributed by atoms with E-state index in [0.717, 1.165) is 22.9 Å². The highest BCUT2D eigenvalue weighted by atomic mass is 19.1. The van der Waals surface area contributed by atoms with Crippen molar-refractivity contribution < 1.29 is 46.3 Å². The zero-order valence-electron chi connectivity index (χ0n) is 35.9. The zero-order valence-corrected chi connectivity index (χ0v) is 35.9. The van der Waals surface area contributed by atoms with Crippen molar-refractivity contribution in [2.45, 2.75) is 59.5 Å². The maximum Gasteiger partial charge on any atom is 0.338 e. The van der Waals surface area contributed by atoms with E-state index < -0.39 is 17.4 Å². The van der Waals surface area contributed by atoms with Crippen molar-refractivity contribution in [2.24, 2.45) is 0 Å². The molecule has 0 aliphatic carbocycles. The molecule has 2 N–H and O–H groups in total. The van der Waals surface area contributed by atoms with Gasteiger partial charge in [0.25, 0.3) is 11.8 Å². The molecule has 7 aromatic rings. The first kappa shape index (κ1) is 44.5. The van der Waals surface area contributed by atoms with Gasteiger partial charge in [-0.3, -0.25) is 14.4 Å². The summed E-state index contributed by atoms with van der Waals surface area (Å²) < 4.78 is 49.3. The zero-order chi connectivity index (χ0) is 44.9. The lowest BCUT2D eigenvalue weighted by molar-refractivity contribution is -0.140. The highest BCUT2D eigenvalue weighted by molar-refractivity contribution is 6.13. The van der Waals surface area contributed by atoms with Crippen molar-refractivity contribution in [3.05, 3.63) is 142 Å². The Morgan fingerprint density at radius 1 is 0.677 bits per heavy atom. The van der Waals surface area contributed by atoms with Crippen LogP contribution in [0.4, 0.5) is 8.78 Å². The minimum absolute atomic E-state index is 0.120. The van der Waals surface area contributed by atoms with E-state index in [1.54, 1.807) is 76.3 Å². The van der Waals surface area contributed by atoms with Crippen LogP contribution in [0.15, 0.2) is 106 Å². The number of rotatable bonds is 10. The van der Waals surface area contributed by atoms with Gasteiger partial charge >= 0.3 is 11.9 Å². The Labute approximate surface area is 358 Å². The summed E-state index contributed by atoms with van der Waals surface area (Å²) in [6, 6.07) is 26.2. The molecule has 0 fully saturated rings. The Morgan fingerprint density at radius 2 is 1.19 bits per heavy atom. The molecule has 5 aromatic carbocycles. The minimum atomic E-state index is -0.659. The topological polar surface area (TPSA) is 137 Å². The average Bonchev–Trinajstić information content (AvgIpc) is 3.82. The van der Waals surface area contributed by atoms with Crippen LogP contribution in [-0.4, -0.2) is 50.6 Å². The number of nitrogens with one attached hydrogen (secondary N) is 2. The number of methoxy groups -OCH3 is 1. The lowest BCUT2D eigenvalue weighted by Gasteiger charge is -2.19. The quantitative estimate of drug-likeness (QED) is 0.130. The van der Waals surface area contributed by atoms with Gasteiger partial charge in [0.05, 0.1) is 23.8 Å². The molecule has 2 heterocycles. The highest BCUT2D eigenvalue weighted by Gasteiger charge is 2.25. The van der Waals surface area contributed by atoms with E-state index in [1.807, 2.05) is 31.2 Å². The van der Waals surface area contributed by atoms with E-state index >= 15 is 0 Å². The fourth-order valence-electron chi connectivity index (χ4n) is 7.13. The number of aryl methyl sites for hydroxylation is 3. The fraction of sp³-hybridized carbons (Fsp3) is 0.240. The molecule has 0 atom stereocenters. The normalized spacial score (nSPS) is 11.2. The largest absolute Gasteiger partial charge is 0.469 e. The van der Waals surface area contributed by atoms with Crippen molar-refractivity contribution in [2.75, 3.05) is 21.2 Å². The Morgan fingerprint density at radius 3 is 1.68 bits per heavy atom. The predicted octanol–water partition coefficient (Wildman–Crippen LogP) is 10.8. The molecule has 12 heteroatoms. The first-order valence-corrected chi connectivity index (χ1v) is 20.1. The molecule has 320 valence electrons. The maximum atomic E-state index is 13.6. The van der Waals surface area contributed by atoms with E-state index in [0.29, 0.717) is 73.4 Å². The summed E-state index contributed by atoms with van der Waals surface area (Å²) in [5.74, 6) is -1.40. The number of amides is 2. The molecule has 2 aromatic heterocycles. The molecule has 7 rings (SSSR count). The Balaban J connectivity index is 0.000000236. The summed E-state index contributed by atoms with van der Waals surface area (Å²) in [6.45, 7) is 9.50. The maximum absolute atomic E-state index is 13.6. The third-order valence-electron chi connectivity index (χ3n) is 10.2. The lowest BCUT2D eigenvalue weighted by Crippen LogP contribution is -2.23. The summed E-state index contributed by atoms with van der Waals surface area (Å²) in [6.07, 6.45) is 1.34. The molecule has 0 aliphatic rings. The number of ether oxygens (including phenoxy) is 2. The molecule has 62 heavy (non-hydrogen) atoms. The van der Waals surface area contributed by atoms with E-state index in [-0.39, 0.29) is 30.0 Å². The Bertz CT molecular complexity index is 2800. The van der Waals surface area contributed by atoms with Crippen molar-refractivity contribution in [3.63, 3.8) is 0 Å². The van der Waals surface area contributed by atoms with Crippen LogP contribution >= 0.6 is 0 Å². The highest BCUT2D eigenvalue weighted by Crippen LogP contribution is 2.39. The van der Waals surface area contributed by atoms with Crippen molar-refractivity contribution in [1.82, 2.24) is 10.6 Å². The molecular formula is C50H48F2N2O8. The van der Waals surface area contributed by atoms with Crippen molar-refractivity contribution >= 4 is 45.7 Å². The molecule has 0 saturated heterocycles. The lowest BCUT2D eigenvalue weighted by atomic mass is 9.92. The summed E-state index contributed by atoms with van der Waals surface area (Å²) in [5.41, 5.74) is 7.29. The number of benzene rings is 5. The molecule has 0 bridgehead atoms. The van der Waals surface area contributed by atoms with E-state index in [9.17, 15) is 28.0 Å². The average molecular weight is 843 g/mol. The monoisotopic (exact) mass is 842 g/mol. The van der Waals surface area contributed by atoms with Crippen molar-refractivity contribution in [1.29, 1.82) is 0 Å². The summed E-state index contributed by atoms with van der Waals surface area (Å²) in [5, 5.41) is 6.62. The van der Waals surface area contributed by atoms with Gasteiger partial charge in [-0.25, -0.2) is 13.6 Å². The van der Waals surface area contributed by atoms with Crippen LogP contribution in [0.1, 0.15) is 81.9 Å². The van der Waals surface area contributed by atoms with Gasteiger partial charge in [-0.05, 0) is 153 Å². The number of fused-ring (bicyclic) bond motifs is 2. The molecular weight excluding hydrogens is 795 g/mol. The van der Waals surface area contributed by atoms with Gasteiger partial charge in [-0.1, -0.05) is 19.1 Å². The number of hydrogen-bond acceptors (Lipinski definition) is 8. The van der Waals surface area contributed by atoms with E-state index in [1.165, 1.54) is 44.0 Å². The number of furan rings is 2. The molecule has 0 spiro atoms. The van der Waals surface area contributed by atoms with Gasteiger partial charge in [0.2, 0.25) is 0 Å². The van der Waals surface area contributed by atoms with Crippen LogP contribution in [0, 0.1) is 18.6 Å². The summed E-state index contributed by atoms with van der Waals surface area (Å²) >= 11 is 0. The second kappa shape index (κ2) is 18.7. The molecule has 0 saturated carbocycles. The second-order valence-electron chi connectivity index (χ2n) is 15.6. The smallest absolute Gasteiger partial charge is 0.338 e. The van der Waals surface area contributed by atoms with E-state index in [2.05, 4.69) is 17.6 Å². The predicted molar refractivity (Wildman–Crippen MR) is 235 cm³/mol. The van der Waals surface area contributed by atoms with Gasteiger partial charge in [0.15, 0.2) is 0 Å².